The van der Waals surface area contributed by atoms with Crippen molar-refractivity contribution >= 4 is 21.5 Å². The number of likely N-dealkylation sites (N-methyl/N-ethyl adjacent to an activating group) is 1. The molecule has 0 radical (unpaired) electrons. The van der Waals surface area contributed by atoms with E-state index < -0.39 is 9.84 Å². The predicted octanol–water partition coefficient (Wildman–Crippen LogP) is 1.09. The van der Waals surface area contributed by atoms with Crippen LogP contribution in [0.4, 0.5) is 0 Å². The lowest BCUT2D eigenvalue weighted by atomic mass is 10.0. The summed E-state index contributed by atoms with van der Waals surface area (Å²) in [5, 5.41) is 0. The van der Waals surface area contributed by atoms with E-state index in [-0.39, 0.29) is 35.7 Å². The van der Waals surface area contributed by atoms with Crippen molar-refractivity contribution in [2.45, 2.75) is 25.8 Å². The van der Waals surface area contributed by atoms with Crippen LogP contribution in [0.5, 0.6) is 5.75 Å². The number of nitrogens with zero attached hydrogens (tertiary/aromatic N) is 1. The Hall–Kier alpha value is -1.89. The molecule has 23 heavy (non-hydrogen) atoms. The summed E-state index contributed by atoms with van der Waals surface area (Å²) in [5.41, 5.74) is 1.14. The highest BCUT2D eigenvalue weighted by Gasteiger charge is 2.32. The number of hydrogen-bond acceptors (Lipinski definition) is 5. The molecule has 0 aromatic heterocycles. The molecule has 1 atom stereocenters. The second-order valence-corrected chi connectivity index (χ2v) is 8.05. The van der Waals surface area contributed by atoms with E-state index in [0.717, 1.165) is 0 Å². The van der Waals surface area contributed by atoms with Gasteiger partial charge in [0, 0.05) is 24.2 Å². The maximum absolute atomic E-state index is 12.5. The molecule has 126 valence electrons. The van der Waals surface area contributed by atoms with Gasteiger partial charge in [-0.05, 0) is 31.5 Å². The Balaban J connectivity index is 2.16. The molecule has 1 heterocycles. The van der Waals surface area contributed by atoms with Crippen molar-refractivity contribution in [3.05, 3.63) is 29.3 Å². The largest absolute Gasteiger partial charge is 0.496 e. The highest BCUT2D eigenvalue weighted by atomic mass is 32.2. The topological polar surface area (TPSA) is 80.8 Å². The normalized spacial score (nSPS) is 19.3. The molecule has 1 aromatic rings. The Bertz CT molecular complexity index is 726. The summed E-state index contributed by atoms with van der Waals surface area (Å²) >= 11 is 0. The smallest absolute Gasteiger partial charge is 0.227 e. The third-order valence-corrected chi connectivity index (χ3v) is 5.93. The molecule has 2 rings (SSSR count). The van der Waals surface area contributed by atoms with Gasteiger partial charge in [-0.3, -0.25) is 9.59 Å². The van der Waals surface area contributed by atoms with Crippen LogP contribution in [0.25, 0.3) is 0 Å². The summed E-state index contributed by atoms with van der Waals surface area (Å²) in [6.45, 7) is 1.46. The van der Waals surface area contributed by atoms with E-state index in [1.54, 1.807) is 25.2 Å². The highest BCUT2D eigenvalue weighted by Crippen LogP contribution is 2.23. The molecule has 1 unspecified atom stereocenters. The van der Waals surface area contributed by atoms with E-state index in [0.29, 0.717) is 23.3 Å². The zero-order valence-electron chi connectivity index (χ0n) is 13.5. The van der Waals surface area contributed by atoms with E-state index in [4.69, 9.17) is 4.74 Å². The second kappa shape index (κ2) is 6.70. The highest BCUT2D eigenvalue weighted by molar-refractivity contribution is 7.91. The number of ether oxygens (including phenoxy) is 1. The summed E-state index contributed by atoms with van der Waals surface area (Å²) in [6.07, 6.45) is 0.534. The number of benzene rings is 1. The van der Waals surface area contributed by atoms with Gasteiger partial charge in [-0.15, -0.1) is 0 Å². The Labute approximate surface area is 136 Å². The number of carbonyl (C=O) groups excluding carboxylic acids is 2. The summed E-state index contributed by atoms with van der Waals surface area (Å²) in [5.74, 6) is 0.400. The van der Waals surface area contributed by atoms with Gasteiger partial charge >= 0.3 is 0 Å². The van der Waals surface area contributed by atoms with Crippen LogP contribution in [0, 0.1) is 0 Å². The van der Waals surface area contributed by atoms with E-state index in [1.165, 1.54) is 18.9 Å². The van der Waals surface area contributed by atoms with Crippen molar-refractivity contribution in [1.82, 2.24) is 4.90 Å². The van der Waals surface area contributed by atoms with Crippen LogP contribution in [-0.4, -0.2) is 56.7 Å². The van der Waals surface area contributed by atoms with Gasteiger partial charge in [0.1, 0.15) is 5.75 Å². The Kier molecular flexibility index (Phi) is 5.09. The number of hydrogen-bond donors (Lipinski definition) is 0. The van der Waals surface area contributed by atoms with Crippen molar-refractivity contribution in [1.29, 1.82) is 0 Å². The fraction of sp³-hybridized carbons (Fsp3) is 0.500. The Morgan fingerprint density at radius 2 is 2.04 bits per heavy atom. The van der Waals surface area contributed by atoms with Gasteiger partial charge in [0.05, 0.1) is 25.0 Å². The molecule has 0 saturated carbocycles. The number of methoxy groups -OCH3 is 1. The van der Waals surface area contributed by atoms with Gasteiger partial charge in [0.2, 0.25) is 5.91 Å². The average molecular weight is 339 g/mol. The minimum absolute atomic E-state index is 0.0138. The molecular formula is C16H21NO5S. The SMILES string of the molecule is COc1ccc(C(C)=O)cc1CC(=O)N(C)C1CCS(=O)(=O)C1. The number of sulfone groups is 1. The molecule has 1 amide bonds. The van der Waals surface area contributed by atoms with E-state index in [2.05, 4.69) is 0 Å². The molecule has 1 aliphatic heterocycles. The van der Waals surface area contributed by atoms with Crippen molar-refractivity contribution in [3.8, 4) is 5.75 Å². The zero-order valence-corrected chi connectivity index (χ0v) is 14.4. The fourth-order valence-corrected chi connectivity index (χ4v) is 4.48. The molecule has 1 aliphatic rings. The van der Waals surface area contributed by atoms with Crippen LogP contribution in [0.3, 0.4) is 0 Å². The lowest BCUT2D eigenvalue weighted by molar-refractivity contribution is -0.130. The first kappa shape index (κ1) is 17.5. The lowest BCUT2D eigenvalue weighted by Gasteiger charge is -2.24. The number of Topliss-reactive ketones (excluding diaryl/α,β-unsaturated/α-hetero) is 1. The van der Waals surface area contributed by atoms with Crippen molar-refractivity contribution in [2.75, 3.05) is 25.7 Å². The van der Waals surface area contributed by atoms with E-state index >= 15 is 0 Å². The van der Waals surface area contributed by atoms with E-state index in [9.17, 15) is 18.0 Å². The number of ketones is 1. The first-order chi connectivity index (χ1) is 10.7. The van der Waals surface area contributed by atoms with Crippen molar-refractivity contribution in [2.24, 2.45) is 0 Å². The first-order valence-corrected chi connectivity index (χ1v) is 9.19. The third-order valence-electron chi connectivity index (χ3n) is 4.18. The summed E-state index contributed by atoms with van der Waals surface area (Å²) in [7, 11) is 0.0833. The molecule has 0 aliphatic carbocycles. The molecular weight excluding hydrogens is 318 g/mol. The molecule has 1 saturated heterocycles. The van der Waals surface area contributed by atoms with Gasteiger partial charge in [0.15, 0.2) is 15.6 Å². The van der Waals surface area contributed by atoms with Gasteiger partial charge in [-0.25, -0.2) is 8.42 Å². The molecule has 0 spiro atoms. The summed E-state index contributed by atoms with van der Waals surface area (Å²) in [6, 6.07) is 4.69. The lowest BCUT2D eigenvalue weighted by Crippen LogP contribution is -2.38. The van der Waals surface area contributed by atoms with Crippen LogP contribution >= 0.6 is 0 Å². The molecule has 6 nitrogen and oxygen atoms in total. The van der Waals surface area contributed by atoms with Crippen molar-refractivity contribution < 1.29 is 22.7 Å². The minimum Gasteiger partial charge on any atom is -0.496 e. The monoisotopic (exact) mass is 339 g/mol. The Morgan fingerprint density at radius 3 is 2.57 bits per heavy atom. The maximum atomic E-state index is 12.5. The average Bonchev–Trinajstić information content (AvgIpc) is 2.86. The number of carbonyl (C=O) groups is 2. The molecule has 0 bridgehead atoms. The van der Waals surface area contributed by atoms with Gasteiger partial charge in [-0.2, -0.15) is 0 Å². The molecule has 7 heteroatoms. The van der Waals surface area contributed by atoms with Crippen LogP contribution in [-0.2, 0) is 21.1 Å². The molecule has 0 N–H and O–H groups in total. The van der Waals surface area contributed by atoms with Crippen LogP contribution in [0.2, 0.25) is 0 Å². The van der Waals surface area contributed by atoms with Crippen LogP contribution in [0.15, 0.2) is 18.2 Å². The standard InChI is InChI=1S/C16H21NO5S/c1-11(18)12-4-5-15(22-3)13(8-12)9-16(19)17(2)14-6-7-23(20,21)10-14/h4-5,8,14H,6-7,9-10H2,1-3H3. The number of rotatable bonds is 5. The number of amides is 1. The quantitative estimate of drug-likeness (QED) is 0.750. The van der Waals surface area contributed by atoms with Gasteiger partial charge in [-0.1, -0.05) is 0 Å². The summed E-state index contributed by atoms with van der Waals surface area (Å²) < 4.78 is 28.3. The fourth-order valence-electron chi connectivity index (χ4n) is 2.71. The zero-order chi connectivity index (χ0) is 17.2. The second-order valence-electron chi connectivity index (χ2n) is 5.82. The van der Waals surface area contributed by atoms with E-state index in [1.807, 2.05) is 0 Å². The van der Waals surface area contributed by atoms with Crippen LogP contribution in [0.1, 0.15) is 29.3 Å². The third kappa shape index (κ3) is 4.10. The predicted molar refractivity (Wildman–Crippen MR) is 86.5 cm³/mol. The van der Waals surface area contributed by atoms with Crippen molar-refractivity contribution in [3.63, 3.8) is 0 Å². The Morgan fingerprint density at radius 1 is 1.35 bits per heavy atom. The van der Waals surface area contributed by atoms with Gasteiger partial charge in [0.25, 0.3) is 0 Å². The molecule has 1 fully saturated rings. The van der Waals surface area contributed by atoms with Gasteiger partial charge < -0.3 is 9.64 Å². The maximum Gasteiger partial charge on any atom is 0.227 e. The first-order valence-electron chi connectivity index (χ1n) is 7.37. The minimum atomic E-state index is -3.04. The molecule has 1 aromatic carbocycles. The summed E-state index contributed by atoms with van der Waals surface area (Å²) in [4.78, 5) is 25.4. The van der Waals surface area contributed by atoms with Crippen LogP contribution < -0.4 is 4.74 Å².